The minimum absolute atomic E-state index is 0.0314. The van der Waals surface area contributed by atoms with E-state index in [1.165, 1.54) is 0 Å². The maximum absolute atomic E-state index is 13.2. The average molecular weight is 273 g/mol. The fourth-order valence-corrected chi connectivity index (χ4v) is 1.34. The Hall–Kier alpha value is -2.02. The number of carbonyl (C=O) groups is 2. The van der Waals surface area contributed by atoms with Crippen LogP contribution in [-0.4, -0.2) is 36.7 Å². The quantitative estimate of drug-likeness (QED) is 0.718. The Morgan fingerprint density at radius 3 is 2.74 bits per heavy atom. The van der Waals surface area contributed by atoms with Crippen molar-refractivity contribution < 1.29 is 28.2 Å². The highest BCUT2D eigenvalue weighted by Crippen LogP contribution is 2.10. The summed E-state index contributed by atoms with van der Waals surface area (Å²) in [5.74, 6) is -2.87. The van der Waals surface area contributed by atoms with E-state index in [1.807, 2.05) is 0 Å². The smallest absolute Gasteiger partial charge is 0.329 e. The van der Waals surface area contributed by atoms with Crippen LogP contribution in [0.25, 0.3) is 0 Å². The maximum Gasteiger partial charge on any atom is 0.329 e. The van der Waals surface area contributed by atoms with E-state index in [9.17, 15) is 18.4 Å². The number of rotatable bonds is 7. The number of nitrogens with one attached hydrogen (secondary N) is 1. The normalized spacial score (nSPS) is 10.2. The third-order valence-corrected chi connectivity index (χ3v) is 2.15. The van der Waals surface area contributed by atoms with Crippen molar-refractivity contribution in [2.45, 2.75) is 6.42 Å². The lowest BCUT2D eigenvalue weighted by atomic mass is 10.1. The van der Waals surface area contributed by atoms with E-state index >= 15 is 0 Å². The van der Waals surface area contributed by atoms with Crippen LogP contribution in [0.2, 0.25) is 0 Å². The molecule has 0 aliphatic rings. The third kappa shape index (κ3) is 5.91. The van der Waals surface area contributed by atoms with Gasteiger partial charge in [-0.1, -0.05) is 0 Å². The first-order valence-electron chi connectivity index (χ1n) is 5.49. The van der Waals surface area contributed by atoms with E-state index in [1.54, 1.807) is 0 Å². The first kappa shape index (κ1) is 15.0. The van der Waals surface area contributed by atoms with Gasteiger partial charge >= 0.3 is 5.97 Å². The number of hydrogen-bond acceptors (Lipinski definition) is 3. The molecule has 7 heteroatoms. The van der Waals surface area contributed by atoms with E-state index in [2.05, 4.69) is 5.32 Å². The lowest BCUT2D eigenvalue weighted by molar-refractivity contribution is -0.142. The lowest BCUT2D eigenvalue weighted by Crippen LogP contribution is -2.29. The van der Waals surface area contributed by atoms with Gasteiger partial charge in [0.1, 0.15) is 18.2 Å². The van der Waals surface area contributed by atoms with Crippen molar-refractivity contribution in [1.29, 1.82) is 0 Å². The van der Waals surface area contributed by atoms with E-state index in [0.717, 1.165) is 18.2 Å². The largest absolute Gasteiger partial charge is 0.480 e. The number of ether oxygens (including phenoxy) is 1. The molecule has 0 unspecified atom stereocenters. The molecule has 0 fully saturated rings. The maximum atomic E-state index is 13.2. The molecule has 1 rings (SSSR count). The molecule has 2 N–H and O–H groups in total. The zero-order valence-electron chi connectivity index (χ0n) is 9.99. The van der Waals surface area contributed by atoms with Crippen LogP contribution >= 0.6 is 0 Å². The van der Waals surface area contributed by atoms with Crippen molar-refractivity contribution in [3.8, 4) is 0 Å². The fraction of sp³-hybridized carbons (Fsp3) is 0.333. The number of amides is 1. The van der Waals surface area contributed by atoms with Crippen LogP contribution in [0.4, 0.5) is 8.78 Å². The molecular weight excluding hydrogens is 260 g/mol. The summed E-state index contributed by atoms with van der Waals surface area (Å²) in [6, 6.07) is 2.88. The van der Waals surface area contributed by atoms with Crippen molar-refractivity contribution in [2.24, 2.45) is 0 Å². The summed E-state index contributed by atoms with van der Waals surface area (Å²) in [7, 11) is 0. The highest BCUT2D eigenvalue weighted by atomic mass is 19.1. The van der Waals surface area contributed by atoms with Gasteiger partial charge in [0.05, 0.1) is 13.0 Å². The van der Waals surface area contributed by atoms with Gasteiger partial charge < -0.3 is 15.2 Å². The van der Waals surface area contributed by atoms with E-state index in [-0.39, 0.29) is 25.1 Å². The molecule has 1 aromatic carbocycles. The Morgan fingerprint density at radius 1 is 1.32 bits per heavy atom. The second-order valence-corrected chi connectivity index (χ2v) is 3.71. The van der Waals surface area contributed by atoms with Crippen LogP contribution in [0.3, 0.4) is 0 Å². The molecule has 5 nitrogen and oxygen atoms in total. The molecule has 0 heterocycles. The van der Waals surface area contributed by atoms with Crippen LogP contribution in [-0.2, 0) is 20.7 Å². The van der Waals surface area contributed by atoms with Crippen LogP contribution in [0.5, 0.6) is 0 Å². The highest BCUT2D eigenvalue weighted by Gasteiger charge is 2.09. The summed E-state index contributed by atoms with van der Waals surface area (Å²) in [5.41, 5.74) is -0.0380. The molecule has 0 radical (unpaired) electrons. The van der Waals surface area contributed by atoms with Gasteiger partial charge in [0.15, 0.2) is 0 Å². The number of aliphatic carboxylic acids is 1. The van der Waals surface area contributed by atoms with Crippen LogP contribution in [0.1, 0.15) is 5.56 Å². The topological polar surface area (TPSA) is 75.6 Å². The standard InChI is InChI=1S/C12H13F2NO4/c13-9-1-2-10(14)8(5-9)6-11(16)15-3-4-19-7-12(17)18/h1-2,5H,3-4,6-7H2,(H,15,16)(H,17,18). The average Bonchev–Trinajstić information content (AvgIpc) is 2.33. The van der Waals surface area contributed by atoms with Gasteiger partial charge in [-0.25, -0.2) is 13.6 Å². The van der Waals surface area contributed by atoms with Crippen molar-refractivity contribution in [3.05, 3.63) is 35.4 Å². The van der Waals surface area contributed by atoms with E-state index in [0.29, 0.717) is 0 Å². The number of carboxylic acids is 1. The Kier molecular flexibility index (Phi) is 5.87. The molecule has 0 aliphatic heterocycles. The molecule has 104 valence electrons. The summed E-state index contributed by atoms with van der Waals surface area (Å²) < 4.78 is 30.8. The second-order valence-electron chi connectivity index (χ2n) is 3.71. The summed E-state index contributed by atoms with van der Waals surface area (Å²) in [6.07, 6.45) is -0.289. The molecule has 0 saturated heterocycles. The third-order valence-electron chi connectivity index (χ3n) is 2.15. The Balaban J connectivity index is 2.31. The fourth-order valence-electron chi connectivity index (χ4n) is 1.34. The molecule has 0 atom stereocenters. The van der Waals surface area contributed by atoms with Crippen molar-refractivity contribution >= 4 is 11.9 Å². The molecule has 0 aliphatic carbocycles. The first-order valence-corrected chi connectivity index (χ1v) is 5.49. The summed E-state index contributed by atoms with van der Waals surface area (Å²) in [6.45, 7) is -0.318. The number of halogens is 2. The van der Waals surface area contributed by atoms with Crippen molar-refractivity contribution in [1.82, 2.24) is 5.32 Å². The predicted octanol–water partition coefficient (Wildman–Crippen LogP) is 0.725. The molecule has 1 aromatic rings. The molecule has 19 heavy (non-hydrogen) atoms. The van der Waals surface area contributed by atoms with Crippen molar-refractivity contribution in [3.63, 3.8) is 0 Å². The van der Waals surface area contributed by atoms with Gasteiger partial charge in [-0.05, 0) is 18.2 Å². The minimum atomic E-state index is -1.10. The molecule has 0 saturated carbocycles. The molecular formula is C12H13F2NO4. The van der Waals surface area contributed by atoms with E-state index < -0.39 is 30.1 Å². The molecule has 0 aromatic heterocycles. The number of carbonyl (C=O) groups excluding carboxylic acids is 1. The van der Waals surface area contributed by atoms with E-state index in [4.69, 9.17) is 9.84 Å². The van der Waals surface area contributed by atoms with Crippen LogP contribution in [0.15, 0.2) is 18.2 Å². The Labute approximate surface area is 108 Å². The molecule has 0 bridgehead atoms. The first-order chi connectivity index (χ1) is 8.99. The zero-order valence-corrected chi connectivity index (χ0v) is 9.99. The summed E-state index contributed by atoms with van der Waals surface area (Å²) >= 11 is 0. The van der Waals surface area contributed by atoms with Gasteiger partial charge in [0.25, 0.3) is 0 Å². The monoisotopic (exact) mass is 273 g/mol. The second kappa shape index (κ2) is 7.42. The predicted molar refractivity (Wildman–Crippen MR) is 61.5 cm³/mol. The van der Waals surface area contributed by atoms with Gasteiger partial charge in [-0.3, -0.25) is 4.79 Å². The zero-order chi connectivity index (χ0) is 14.3. The molecule has 0 spiro atoms. The van der Waals surface area contributed by atoms with Crippen LogP contribution in [0, 0.1) is 11.6 Å². The number of hydrogen-bond donors (Lipinski definition) is 2. The SMILES string of the molecule is O=C(O)COCCNC(=O)Cc1cc(F)ccc1F. The van der Waals surface area contributed by atoms with Gasteiger partial charge in [-0.15, -0.1) is 0 Å². The summed E-state index contributed by atoms with van der Waals surface area (Å²) in [4.78, 5) is 21.5. The van der Waals surface area contributed by atoms with Crippen LogP contribution < -0.4 is 5.32 Å². The Bertz CT molecular complexity index is 465. The van der Waals surface area contributed by atoms with Gasteiger partial charge in [0, 0.05) is 12.1 Å². The Morgan fingerprint density at radius 2 is 2.05 bits per heavy atom. The van der Waals surface area contributed by atoms with Crippen molar-refractivity contribution in [2.75, 3.05) is 19.8 Å². The van der Waals surface area contributed by atoms with Gasteiger partial charge in [0.2, 0.25) is 5.91 Å². The number of carboxylic acid groups (broad SMARTS) is 1. The minimum Gasteiger partial charge on any atom is -0.480 e. The lowest BCUT2D eigenvalue weighted by Gasteiger charge is -2.06. The summed E-state index contributed by atoms with van der Waals surface area (Å²) in [5, 5.41) is 10.7. The highest BCUT2D eigenvalue weighted by molar-refractivity contribution is 5.78. The number of benzene rings is 1. The van der Waals surface area contributed by atoms with Gasteiger partial charge in [-0.2, -0.15) is 0 Å². The molecule has 1 amide bonds.